The average Bonchev–Trinajstić information content (AvgIpc) is 3.64. The molecule has 9 rings (SSSR count). The summed E-state index contributed by atoms with van der Waals surface area (Å²) in [6.45, 7) is 0. The molecule has 0 N–H and O–H groups in total. The van der Waals surface area contributed by atoms with Crippen LogP contribution in [0.3, 0.4) is 0 Å². The van der Waals surface area contributed by atoms with Crippen molar-refractivity contribution >= 4 is 43.7 Å². The second-order valence-corrected chi connectivity index (χ2v) is 11.2. The summed E-state index contributed by atoms with van der Waals surface area (Å²) in [7, 11) is 0. The predicted octanol–water partition coefficient (Wildman–Crippen LogP) is 11.1. The Morgan fingerprint density at radius 1 is 0.432 bits per heavy atom. The molecule has 0 spiro atoms. The summed E-state index contributed by atoms with van der Waals surface area (Å²) in [5.41, 5.74) is 11.5. The second kappa shape index (κ2) is 9.82. The van der Waals surface area contributed by atoms with Gasteiger partial charge in [0.15, 0.2) is 0 Å². The van der Waals surface area contributed by atoms with E-state index >= 15 is 0 Å². The minimum absolute atomic E-state index is 0.893. The van der Waals surface area contributed by atoms with Gasteiger partial charge in [-0.3, -0.25) is 0 Å². The molecule has 3 aromatic heterocycles. The largest absolute Gasteiger partial charge is 0.456 e. The van der Waals surface area contributed by atoms with E-state index in [1.165, 1.54) is 16.3 Å². The van der Waals surface area contributed by atoms with Crippen LogP contribution in [0.25, 0.3) is 83.1 Å². The van der Waals surface area contributed by atoms with Gasteiger partial charge in [0.05, 0.1) is 22.4 Å². The van der Waals surface area contributed by atoms with Gasteiger partial charge in [-0.1, -0.05) is 109 Å². The topological polar surface area (TPSA) is 31.0 Å². The molecule has 0 unspecified atom stereocenters. The highest BCUT2D eigenvalue weighted by Crippen LogP contribution is 2.40. The Kier molecular flexibility index (Phi) is 5.50. The normalized spacial score (nSPS) is 11.6. The van der Waals surface area contributed by atoms with Gasteiger partial charge in [-0.2, -0.15) is 0 Å². The maximum Gasteiger partial charge on any atom is 0.135 e. The Balaban J connectivity index is 1.34. The molecule has 6 aromatic carbocycles. The van der Waals surface area contributed by atoms with Gasteiger partial charge in [0, 0.05) is 38.4 Å². The van der Waals surface area contributed by atoms with Gasteiger partial charge in [-0.15, -0.1) is 0 Å². The first-order chi connectivity index (χ1) is 21.8. The van der Waals surface area contributed by atoms with Crippen molar-refractivity contribution in [3.05, 3.63) is 158 Å². The number of para-hydroxylation sites is 4. The van der Waals surface area contributed by atoms with Gasteiger partial charge in [-0.25, -0.2) is 4.98 Å². The summed E-state index contributed by atoms with van der Waals surface area (Å²) in [5, 5.41) is 4.68. The molecule has 0 saturated carbocycles. The van der Waals surface area contributed by atoms with Crippen LogP contribution in [0.4, 0.5) is 0 Å². The third kappa shape index (κ3) is 3.87. The van der Waals surface area contributed by atoms with E-state index in [1.54, 1.807) is 0 Å². The number of nitrogens with zero attached hydrogens (tertiary/aromatic N) is 2. The quantitative estimate of drug-likeness (QED) is 0.214. The van der Waals surface area contributed by atoms with Crippen LogP contribution in [-0.2, 0) is 0 Å². The van der Waals surface area contributed by atoms with Crippen LogP contribution in [0.15, 0.2) is 162 Å². The van der Waals surface area contributed by atoms with E-state index < -0.39 is 0 Å². The fraction of sp³-hybridized carbons (Fsp3) is 0. The molecule has 0 atom stereocenters. The molecule has 3 nitrogen and oxygen atoms in total. The standard InChI is InChI=1S/C41H26N2O/c1-3-12-27(13-4-1)36-25-29(28-22-23-40-35(24-28)32-17-8-10-21-39(32)44-40)26-37(42-36)34-19-11-18-33-31-16-7-9-20-38(31)43(41(33)34)30-14-5-2-6-15-30/h1-26H. The van der Waals surface area contributed by atoms with Crippen LogP contribution in [0, 0.1) is 0 Å². The van der Waals surface area contributed by atoms with Crippen molar-refractivity contribution in [1.29, 1.82) is 0 Å². The number of rotatable bonds is 4. The van der Waals surface area contributed by atoms with E-state index in [4.69, 9.17) is 9.40 Å². The number of benzene rings is 6. The zero-order valence-electron chi connectivity index (χ0n) is 23.8. The van der Waals surface area contributed by atoms with Crippen LogP contribution >= 0.6 is 0 Å². The van der Waals surface area contributed by atoms with Crippen molar-refractivity contribution in [3.8, 4) is 39.3 Å². The van der Waals surface area contributed by atoms with E-state index in [2.05, 4.69) is 144 Å². The summed E-state index contributed by atoms with van der Waals surface area (Å²) >= 11 is 0. The molecule has 3 heterocycles. The molecule has 3 heteroatoms. The zero-order chi connectivity index (χ0) is 29.0. The summed E-state index contributed by atoms with van der Waals surface area (Å²) in [5.74, 6) is 0. The van der Waals surface area contributed by atoms with Crippen LogP contribution < -0.4 is 0 Å². The predicted molar refractivity (Wildman–Crippen MR) is 182 cm³/mol. The minimum atomic E-state index is 0.893. The van der Waals surface area contributed by atoms with Crippen molar-refractivity contribution in [1.82, 2.24) is 9.55 Å². The Hall–Kier alpha value is -5.93. The van der Waals surface area contributed by atoms with Crippen molar-refractivity contribution in [3.63, 3.8) is 0 Å². The molecule has 9 aromatic rings. The number of aromatic nitrogens is 2. The molecule has 0 fully saturated rings. The molecule has 0 saturated heterocycles. The minimum Gasteiger partial charge on any atom is -0.456 e. The van der Waals surface area contributed by atoms with Crippen molar-refractivity contribution in [2.45, 2.75) is 0 Å². The SMILES string of the molecule is c1ccc(-c2cc(-c3ccc4oc5ccccc5c4c3)cc(-c3cccc4c5ccccc5n(-c5ccccc5)c34)n2)cc1. The average molecular weight is 563 g/mol. The molecular weight excluding hydrogens is 536 g/mol. The van der Waals surface area contributed by atoms with Crippen LogP contribution in [0.2, 0.25) is 0 Å². The number of furan rings is 1. The van der Waals surface area contributed by atoms with E-state index in [0.29, 0.717) is 0 Å². The highest BCUT2D eigenvalue weighted by atomic mass is 16.3. The molecule has 0 aliphatic carbocycles. The number of hydrogen-bond acceptors (Lipinski definition) is 2. The van der Waals surface area contributed by atoms with E-state index in [9.17, 15) is 0 Å². The smallest absolute Gasteiger partial charge is 0.135 e. The van der Waals surface area contributed by atoms with Crippen molar-refractivity contribution in [2.24, 2.45) is 0 Å². The van der Waals surface area contributed by atoms with E-state index in [0.717, 1.165) is 66.8 Å². The maximum absolute atomic E-state index is 6.15. The lowest BCUT2D eigenvalue weighted by molar-refractivity contribution is 0.669. The van der Waals surface area contributed by atoms with Gasteiger partial charge >= 0.3 is 0 Å². The lowest BCUT2D eigenvalue weighted by Gasteiger charge is -2.14. The zero-order valence-corrected chi connectivity index (χ0v) is 23.8. The molecule has 0 amide bonds. The molecule has 0 radical (unpaired) electrons. The lowest BCUT2D eigenvalue weighted by Crippen LogP contribution is -1.97. The first-order valence-corrected chi connectivity index (χ1v) is 14.9. The van der Waals surface area contributed by atoms with Gasteiger partial charge < -0.3 is 8.98 Å². The number of pyridine rings is 1. The Labute approximate surface area is 254 Å². The monoisotopic (exact) mass is 562 g/mol. The summed E-state index contributed by atoms with van der Waals surface area (Å²) in [4.78, 5) is 5.32. The maximum atomic E-state index is 6.15. The highest BCUT2D eigenvalue weighted by Gasteiger charge is 2.18. The third-order valence-electron chi connectivity index (χ3n) is 8.59. The molecule has 0 bridgehead atoms. The molecule has 206 valence electrons. The fourth-order valence-electron chi connectivity index (χ4n) is 6.57. The number of fused-ring (bicyclic) bond motifs is 6. The first-order valence-electron chi connectivity index (χ1n) is 14.9. The van der Waals surface area contributed by atoms with Crippen LogP contribution in [0.5, 0.6) is 0 Å². The van der Waals surface area contributed by atoms with Gasteiger partial charge in [0.2, 0.25) is 0 Å². The molecule has 44 heavy (non-hydrogen) atoms. The highest BCUT2D eigenvalue weighted by molar-refractivity contribution is 6.14. The first kappa shape index (κ1) is 24.6. The Bertz CT molecular complexity index is 2490. The number of hydrogen-bond donors (Lipinski definition) is 0. The van der Waals surface area contributed by atoms with Gasteiger partial charge in [0.25, 0.3) is 0 Å². The molecule has 0 aliphatic heterocycles. The van der Waals surface area contributed by atoms with Crippen molar-refractivity contribution < 1.29 is 4.42 Å². The van der Waals surface area contributed by atoms with Crippen molar-refractivity contribution in [2.75, 3.05) is 0 Å². The molecule has 0 aliphatic rings. The van der Waals surface area contributed by atoms with Gasteiger partial charge in [0.1, 0.15) is 11.2 Å². The fourth-order valence-corrected chi connectivity index (χ4v) is 6.57. The lowest BCUT2D eigenvalue weighted by atomic mass is 9.97. The van der Waals surface area contributed by atoms with Crippen LogP contribution in [-0.4, -0.2) is 9.55 Å². The Morgan fingerprint density at radius 2 is 1.11 bits per heavy atom. The second-order valence-electron chi connectivity index (χ2n) is 11.2. The molecular formula is C41H26N2O. The Morgan fingerprint density at radius 3 is 1.98 bits per heavy atom. The summed E-state index contributed by atoms with van der Waals surface area (Å²) in [6.07, 6.45) is 0. The third-order valence-corrected chi connectivity index (χ3v) is 8.59. The van der Waals surface area contributed by atoms with Crippen LogP contribution in [0.1, 0.15) is 0 Å². The van der Waals surface area contributed by atoms with E-state index in [1.807, 2.05) is 18.2 Å². The van der Waals surface area contributed by atoms with Gasteiger partial charge in [-0.05, 0) is 59.7 Å². The summed E-state index contributed by atoms with van der Waals surface area (Å²) in [6, 6.07) is 55.4. The van der Waals surface area contributed by atoms with E-state index in [-0.39, 0.29) is 0 Å². The summed E-state index contributed by atoms with van der Waals surface area (Å²) < 4.78 is 8.52.